The maximum Gasteiger partial charge on any atom is 0.243 e. The van der Waals surface area contributed by atoms with Crippen molar-refractivity contribution in [2.24, 2.45) is 0 Å². The van der Waals surface area contributed by atoms with Crippen molar-refractivity contribution in [3.05, 3.63) is 42.0 Å². The predicted molar refractivity (Wildman–Crippen MR) is 132 cm³/mol. The van der Waals surface area contributed by atoms with Crippen LogP contribution in [0.1, 0.15) is 18.4 Å². The van der Waals surface area contributed by atoms with Crippen molar-refractivity contribution in [3.63, 3.8) is 0 Å². The molecule has 2 N–H and O–H groups in total. The Morgan fingerprint density at radius 2 is 1.76 bits per heavy atom. The summed E-state index contributed by atoms with van der Waals surface area (Å²) in [7, 11) is -2.09. The van der Waals surface area contributed by atoms with E-state index in [-0.39, 0.29) is 17.3 Å². The normalized spacial score (nSPS) is 16.9. The van der Waals surface area contributed by atoms with Crippen molar-refractivity contribution in [2.45, 2.75) is 24.7 Å². The van der Waals surface area contributed by atoms with Gasteiger partial charge in [0.15, 0.2) is 0 Å². The van der Waals surface area contributed by atoms with Gasteiger partial charge in [0.2, 0.25) is 15.9 Å². The fourth-order valence-electron chi connectivity index (χ4n) is 4.28. The van der Waals surface area contributed by atoms with Crippen LogP contribution in [0.25, 0.3) is 0 Å². The average Bonchev–Trinajstić information content (AvgIpc) is 3.38. The molecule has 0 spiro atoms. The molecule has 0 bridgehead atoms. The first kappa shape index (κ1) is 24.3. The number of aryl methyl sites for hydroxylation is 1. The number of carbonyl (C=O) groups excluding carboxylic acids is 1. The molecule has 2 heterocycles. The van der Waals surface area contributed by atoms with Gasteiger partial charge in [-0.3, -0.25) is 4.79 Å². The molecule has 10 heteroatoms. The Morgan fingerprint density at radius 1 is 1.03 bits per heavy atom. The molecule has 0 aromatic heterocycles. The zero-order chi connectivity index (χ0) is 24.1. The van der Waals surface area contributed by atoms with Crippen LogP contribution in [0.3, 0.4) is 0 Å². The molecule has 2 fully saturated rings. The van der Waals surface area contributed by atoms with Gasteiger partial charge in [-0.2, -0.15) is 4.31 Å². The molecule has 2 saturated heterocycles. The van der Waals surface area contributed by atoms with Gasteiger partial charge >= 0.3 is 0 Å². The first-order valence-corrected chi connectivity index (χ1v) is 13.0. The molecule has 184 valence electrons. The molecular weight excluding hydrogens is 456 g/mol. The number of ether oxygens (including phenoxy) is 2. The van der Waals surface area contributed by atoms with Crippen molar-refractivity contribution in [2.75, 3.05) is 68.6 Å². The Labute approximate surface area is 201 Å². The number of hydrogen-bond acceptors (Lipinski definition) is 7. The molecule has 0 radical (unpaired) electrons. The average molecular weight is 489 g/mol. The van der Waals surface area contributed by atoms with Crippen LogP contribution in [0.5, 0.6) is 5.75 Å². The molecule has 0 atom stereocenters. The number of carbonyl (C=O) groups is 1. The fourth-order valence-corrected chi connectivity index (χ4v) is 5.71. The highest BCUT2D eigenvalue weighted by molar-refractivity contribution is 7.89. The summed E-state index contributed by atoms with van der Waals surface area (Å²) in [4.78, 5) is 15.2. The number of benzene rings is 2. The second-order valence-corrected chi connectivity index (χ2v) is 10.4. The van der Waals surface area contributed by atoms with Crippen molar-refractivity contribution in [1.82, 2.24) is 4.31 Å². The Hall–Kier alpha value is -2.82. The first-order chi connectivity index (χ1) is 16.4. The second kappa shape index (κ2) is 10.6. The summed E-state index contributed by atoms with van der Waals surface area (Å²) in [5, 5.41) is 6.05. The molecule has 0 saturated carbocycles. The van der Waals surface area contributed by atoms with Crippen LogP contribution in [0.2, 0.25) is 0 Å². The van der Waals surface area contributed by atoms with E-state index in [2.05, 4.69) is 15.5 Å². The Morgan fingerprint density at radius 3 is 2.47 bits per heavy atom. The highest BCUT2D eigenvalue weighted by Gasteiger charge is 2.28. The topological polar surface area (TPSA) is 100 Å². The Bertz CT molecular complexity index is 1130. The van der Waals surface area contributed by atoms with Gasteiger partial charge in [0, 0.05) is 26.2 Å². The van der Waals surface area contributed by atoms with E-state index >= 15 is 0 Å². The molecule has 2 aromatic rings. The van der Waals surface area contributed by atoms with Gasteiger partial charge in [-0.05, 0) is 55.7 Å². The van der Waals surface area contributed by atoms with Crippen molar-refractivity contribution >= 4 is 33.0 Å². The summed E-state index contributed by atoms with van der Waals surface area (Å²) in [6.07, 6.45) is 2.17. The minimum absolute atomic E-state index is 0.0149. The number of sulfonamides is 1. The van der Waals surface area contributed by atoms with Gasteiger partial charge in [0.1, 0.15) is 5.75 Å². The Kier molecular flexibility index (Phi) is 7.60. The zero-order valence-corrected chi connectivity index (χ0v) is 20.5. The molecule has 4 rings (SSSR count). The molecule has 9 nitrogen and oxygen atoms in total. The summed E-state index contributed by atoms with van der Waals surface area (Å²) in [6, 6.07) is 10.7. The molecule has 34 heavy (non-hydrogen) atoms. The molecule has 0 aliphatic carbocycles. The molecule has 1 amide bonds. The maximum absolute atomic E-state index is 13.2. The third kappa shape index (κ3) is 5.45. The molecule has 2 aliphatic heterocycles. The quantitative estimate of drug-likeness (QED) is 0.589. The van der Waals surface area contributed by atoms with Crippen LogP contribution in [0, 0.1) is 6.92 Å². The summed E-state index contributed by atoms with van der Waals surface area (Å²) < 4.78 is 38.5. The number of rotatable bonds is 8. The molecular formula is C24H32N4O5S. The van der Waals surface area contributed by atoms with Crippen LogP contribution in [-0.2, 0) is 19.6 Å². The number of anilines is 3. The first-order valence-electron chi connectivity index (χ1n) is 11.5. The smallest absolute Gasteiger partial charge is 0.243 e. The van der Waals surface area contributed by atoms with Crippen LogP contribution in [0.15, 0.2) is 41.3 Å². The number of morpholine rings is 1. The third-order valence-corrected chi connectivity index (χ3v) is 7.99. The number of amides is 1. The highest BCUT2D eigenvalue weighted by atomic mass is 32.2. The monoisotopic (exact) mass is 488 g/mol. The van der Waals surface area contributed by atoms with E-state index in [4.69, 9.17) is 9.47 Å². The number of nitrogens with zero attached hydrogens (tertiary/aromatic N) is 2. The van der Waals surface area contributed by atoms with Crippen LogP contribution in [-0.4, -0.2) is 71.7 Å². The SMILES string of the molecule is COc1ccc(C)cc1NC(=O)CNc1cc(S(=O)(=O)N2CCOCC2)ccc1N1CCCC1. The van der Waals surface area contributed by atoms with Gasteiger partial charge in [0.25, 0.3) is 0 Å². The van der Waals surface area contributed by atoms with Gasteiger partial charge in [-0.25, -0.2) is 8.42 Å². The fraction of sp³-hybridized carbons (Fsp3) is 0.458. The van der Waals surface area contributed by atoms with E-state index in [1.807, 2.05) is 31.2 Å². The van der Waals surface area contributed by atoms with E-state index < -0.39 is 10.0 Å². The van der Waals surface area contributed by atoms with Gasteiger partial charge in [-0.15, -0.1) is 0 Å². The predicted octanol–water partition coefficient (Wildman–Crippen LogP) is 2.68. The number of nitrogens with one attached hydrogen (secondary N) is 2. The largest absolute Gasteiger partial charge is 0.495 e. The second-order valence-electron chi connectivity index (χ2n) is 8.50. The highest BCUT2D eigenvalue weighted by Crippen LogP contribution is 2.32. The number of methoxy groups -OCH3 is 1. The summed E-state index contributed by atoms with van der Waals surface area (Å²) >= 11 is 0. The van der Waals surface area contributed by atoms with Crippen LogP contribution >= 0.6 is 0 Å². The van der Waals surface area contributed by atoms with E-state index in [0.29, 0.717) is 43.4 Å². The van der Waals surface area contributed by atoms with Gasteiger partial charge in [0.05, 0.1) is 48.8 Å². The van der Waals surface area contributed by atoms with Gasteiger partial charge < -0.3 is 25.0 Å². The molecule has 2 aliphatic rings. The van der Waals surface area contributed by atoms with Crippen LogP contribution < -0.4 is 20.3 Å². The van der Waals surface area contributed by atoms with Crippen LogP contribution in [0.4, 0.5) is 17.1 Å². The van der Waals surface area contributed by atoms with Crippen molar-refractivity contribution in [1.29, 1.82) is 0 Å². The third-order valence-electron chi connectivity index (χ3n) is 6.09. The standard InChI is InChI=1S/C24H32N4O5S/c1-18-5-8-23(32-2)21(15-18)26-24(29)17-25-20-16-19(6-7-22(20)27-9-3-4-10-27)34(30,31)28-11-13-33-14-12-28/h5-8,15-16,25H,3-4,9-14,17H2,1-2H3,(H,26,29). The van der Waals surface area contributed by atoms with Gasteiger partial charge in [-0.1, -0.05) is 6.07 Å². The maximum atomic E-state index is 13.2. The zero-order valence-electron chi connectivity index (χ0n) is 19.7. The lowest BCUT2D eigenvalue weighted by atomic mass is 10.2. The lowest BCUT2D eigenvalue weighted by molar-refractivity contribution is -0.114. The van der Waals surface area contributed by atoms with Crippen molar-refractivity contribution in [3.8, 4) is 5.75 Å². The lowest BCUT2D eigenvalue weighted by Gasteiger charge is -2.27. The summed E-state index contributed by atoms with van der Waals surface area (Å²) in [5.74, 6) is 0.327. The number of hydrogen-bond donors (Lipinski definition) is 2. The van der Waals surface area contributed by atoms with E-state index in [1.54, 1.807) is 19.2 Å². The molecule has 0 unspecified atom stereocenters. The summed E-state index contributed by atoms with van der Waals surface area (Å²) in [6.45, 7) is 5.17. The van der Waals surface area contributed by atoms with Crippen molar-refractivity contribution < 1.29 is 22.7 Å². The van der Waals surface area contributed by atoms with E-state index in [9.17, 15) is 13.2 Å². The van der Waals surface area contributed by atoms with E-state index in [0.717, 1.165) is 37.2 Å². The minimum atomic E-state index is -3.65. The minimum Gasteiger partial charge on any atom is -0.495 e. The summed E-state index contributed by atoms with van der Waals surface area (Å²) in [5.41, 5.74) is 3.13. The Balaban J connectivity index is 1.54. The lowest BCUT2D eigenvalue weighted by Crippen LogP contribution is -2.40. The molecule has 2 aromatic carbocycles. The van der Waals surface area contributed by atoms with E-state index in [1.165, 1.54) is 4.31 Å².